The van der Waals surface area contributed by atoms with Gasteiger partial charge in [-0.3, -0.25) is 4.79 Å². The lowest BCUT2D eigenvalue weighted by Crippen LogP contribution is -2.32. The van der Waals surface area contributed by atoms with E-state index in [1.165, 1.54) is 26.4 Å². The normalized spacial score (nSPS) is 12.3. The molecule has 0 aliphatic carbocycles. The first-order valence-electron chi connectivity index (χ1n) is 9.37. The molecule has 9 heteroatoms. The zero-order valence-corrected chi connectivity index (χ0v) is 17.2. The van der Waals surface area contributed by atoms with Crippen LogP contribution >= 0.6 is 0 Å². The van der Waals surface area contributed by atoms with Crippen LogP contribution in [0.15, 0.2) is 54.9 Å². The van der Waals surface area contributed by atoms with Crippen LogP contribution in [0.3, 0.4) is 0 Å². The van der Waals surface area contributed by atoms with E-state index in [1.807, 2.05) is 0 Å². The fraction of sp³-hybridized carbons (Fsp3) is 0.273. The quantitative estimate of drug-likeness (QED) is 0.614. The van der Waals surface area contributed by atoms with Gasteiger partial charge in [0.25, 0.3) is 0 Å². The highest BCUT2D eigenvalue weighted by Gasteiger charge is 2.30. The second-order valence-electron chi connectivity index (χ2n) is 6.92. The number of nitrogens with one attached hydrogen (secondary N) is 1. The topological polar surface area (TPSA) is 65.4 Å². The van der Waals surface area contributed by atoms with Crippen LogP contribution in [0.25, 0.3) is 0 Å². The third-order valence-corrected chi connectivity index (χ3v) is 4.75. The van der Waals surface area contributed by atoms with E-state index in [2.05, 4.69) is 10.3 Å². The molecular formula is C22H22F3N3O3. The third kappa shape index (κ3) is 5.36. The number of nitrogens with zero attached hydrogens (tertiary/aromatic N) is 2. The van der Waals surface area contributed by atoms with Crippen molar-refractivity contribution in [1.82, 2.24) is 14.9 Å². The van der Waals surface area contributed by atoms with Crippen LogP contribution in [0.2, 0.25) is 0 Å². The van der Waals surface area contributed by atoms with Gasteiger partial charge >= 0.3 is 6.18 Å². The van der Waals surface area contributed by atoms with Crippen molar-refractivity contribution >= 4 is 5.91 Å². The van der Waals surface area contributed by atoms with Crippen molar-refractivity contribution < 1.29 is 27.4 Å². The molecule has 0 aliphatic heterocycles. The number of aromatic nitrogens is 2. The van der Waals surface area contributed by atoms with Crippen molar-refractivity contribution in [2.45, 2.75) is 18.6 Å². The molecule has 1 atom stereocenters. The van der Waals surface area contributed by atoms with Crippen LogP contribution in [0.1, 0.15) is 28.6 Å². The fourth-order valence-electron chi connectivity index (χ4n) is 3.20. The lowest BCUT2D eigenvalue weighted by molar-refractivity contribution is -0.137. The van der Waals surface area contributed by atoms with Crippen molar-refractivity contribution in [1.29, 1.82) is 0 Å². The van der Waals surface area contributed by atoms with Gasteiger partial charge in [-0.05, 0) is 29.3 Å². The molecule has 1 amide bonds. The van der Waals surface area contributed by atoms with Gasteiger partial charge in [-0.25, -0.2) is 4.98 Å². The Labute approximate surface area is 177 Å². The second-order valence-corrected chi connectivity index (χ2v) is 6.92. The Kier molecular flexibility index (Phi) is 6.53. The average molecular weight is 433 g/mol. The molecule has 1 aromatic heterocycles. The lowest BCUT2D eigenvalue weighted by Gasteiger charge is -2.21. The van der Waals surface area contributed by atoms with Gasteiger partial charge < -0.3 is 19.4 Å². The van der Waals surface area contributed by atoms with E-state index in [0.29, 0.717) is 22.9 Å². The summed E-state index contributed by atoms with van der Waals surface area (Å²) in [5.41, 5.74) is 0.119. The third-order valence-electron chi connectivity index (χ3n) is 4.75. The summed E-state index contributed by atoms with van der Waals surface area (Å²) in [5, 5.41) is 2.87. The predicted molar refractivity (Wildman–Crippen MR) is 108 cm³/mol. The molecule has 0 aliphatic rings. The molecule has 0 saturated carbocycles. The van der Waals surface area contributed by atoms with Gasteiger partial charge in [0.15, 0.2) is 0 Å². The second kappa shape index (κ2) is 9.11. The summed E-state index contributed by atoms with van der Waals surface area (Å²) in [6, 6.07) is 9.24. The van der Waals surface area contributed by atoms with Gasteiger partial charge in [0, 0.05) is 25.5 Å². The number of ether oxygens (including phenoxy) is 2. The predicted octanol–water partition coefficient (Wildman–Crippen LogP) is 3.90. The Bertz CT molecular complexity index is 1040. The van der Waals surface area contributed by atoms with E-state index in [0.717, 1.165) is 12.1 Å². The number of hydrogen-bond acceptors (Lipinski definition) is 4. The number of alkyl halides is 3. The molecule has 0 saturated heterocycles. The molecule has 0 radical (unpaired) electrons. The van der Waals surface area contributed by atoms with Crippen LogP contribution < -0.4 is 14.8 Å². The molecule has 31 heavy (non-hydrogen) atoms. The number of imidazole rings is 1. The summed E-state index contributed by atoms with van der Waals surface area (Å²) < 4.78 is 51.3. The molecule has 6 nitrogen and oxygen atoms in total. The highest BCUT2D eigenvalue weighted by Crippen LogP contribution is 2.31. The van der Waals surface area contributed by atoms with Crippen LogP contribution in [0, 0.1) is 0 Å². The number of aryl methyl sites for hydroxylation is 1. The largest absolute Gasteiger partial charge is 0.497 e. The van der Waals surface area contributed by atoms with Crippen molar-refractivity contribution in [3.8, 4) is 11.5 Å². The Balaban J connectivity index is 1.90. The Hall–Kier alpha value is -3.49. The average Bonchev–Trinajstić information content (AvgIpc) is 3.16. The SMILES string of the molecule is COc1cc(OC)cc([C@H](NC(=O)Cc2cccc(C(F)(F)F)c2)c2nccn2C)c1. The number of benzene rings is 2. The summed E-state index contributed by atoms with van der Waals surface area (Å²) in [5.74, 6) is 1.16. The highest BCUT2D eigenvalue weighted by atomic mass is 19.4. The molecule has 164 valence electrons. The minimum atomic E-state index is -4.47. The van der Waals surface area contributed by atoms with Crippen molar-refractivity contribution in [2.75, 3.05) is 14.2 Å². The summed E-state index contributed by atoms with van der Waals surface area (Å²) in [4.78, 5) is 17.1. The summed E-state index contributed by atoms with van der Waals surface area (Å²) in [6.07, 6.45) is -1.36. The number of carbonyl (C=O) groups excluding carboxylic acids is 1. The lowest BCUT2D eigenvalue weighted by atomic mass is 10.0. The number of halogens is 3. The van der Waals surface area contributed by atoms with Crippen molar-refractivity contribution in [3.05, 3.63) is 77.4 Å². The first-order chi connectivity index (χ1) is 14.7. The number of amides is 1. The standard InChI is InChI=1S/C22H22F3N3O3/c1-28-8-7-26-21(28)20(15-11-17(30-2)13-18(12-15)31-3)27-19(29)10-14-5-4-6-16(9-14)22(23,24)25/h4-9,11-13,20H,10H2,1-3H3,(H,27,29)/t20-/m0/s1. The fourth-order valence-corrected chi connectivity index (χ4v) is 3.20. The molecule has 0 fully saturated rings. The minimum Gasteiger partial charge on any atom is -0.497 e. The first-order valence-corrected chi connectivity index (χ1v) is 9.37. The van der Waals surface area contributed by atoms with Gasteiger partial charge in [0.05, 0.1) is 26.2 Å². The van der Waals surface area contributed by atoms with E-state index in [4.69, 9.17) is 9.47 Å². The summed E-state index contributed by atoms with van der Waals surface area (Å²) in [7, 11) is 4.81. The minimum absolute atomic E-state index is 0.216. The molecule has 3 aromatic rings. The number of hydrogen-bond donors (Lipinski definition) is 1. The smallest absolute Gasteiger partial charge is 0.416 e. The molecule has 0 bridgehead atoms. The van der Waals surface area contributed by atoms with Crippen molar-refractivity contribution in [3.63, 3.8) is 0 Å². The molecular weight excluding hydrogens is 411 g/mol. The van der Waals surface area contributed by atoms with E-state index < -0.39 is 23.7 Å². The van der Waals surface area contributed by atoms with Crippen LogP contribution in [-0.2, 0) is 24.4 Å². The maximum absolute atomic E-state index is 13.0. The Morgan fingerprint density at radius 3 is 2.35 bits per heavy atom. The molecule has 2 aromatic carbocycles. The van der Waals surface area contributed by atoms with Gasteiger partial charge in [-0.2, -0.15) is 13.2 Å². The summed E-state index contributed by atoms with van der Waals surface area (Å²) >= 11 is 0. The monoisotopic (exact) mass is 433 g/mol. The van der Waals surface area contributed by atoms with E-state index >= 15 is 0 Å². The Morgan fingerprint density at radius 2 is 1.81 bits per heavy atom. The molecule has 3 rings (SSSR count). The van der Waals surface area contributed by atoms with Crippen LogP contribution in [-0.4, -0.2) is 29.7 Å². The molecule has 0 spiro atoms. The molecule has 1 N–H and O–H groups in total. The number of carbonyl (C=O) groups is 1. The van der Waals surface area contributed by atoms with Crippen molar-refractivity contribution in [2.24, 2.45) is 7.05 Å². The maximum atomic E-state index is 13.0. The molecule has 0 unspecified atom stereocenters. The van der Waals surface area contributed by atoms with Crippen LogP contribution in [0.5, 0.6) is 11.5 Å². The zero-order chi connectivity index (χ0) is 22.6. The van der Waals surface area contributed by atoms with E-state index in [9.17, 15) is 18.0 Å². The first kappa shape index (κ1) is 22.2. The van der Waals surface area contributed by atoms with Gasteiger partial charge in [0.2, 0.25) is 5.91 Å². The highest BCUT2D eigenvalue weighted by molar-refractivity contribution is 5.79. The van der Waals surface area contributed by atoms with Gasteiger partial charge in [-0.15, -0.1) is 0 Å². The molecule has 1 heterocycles. The Morgan fingerprint density at radius 1 is 1.13 bits per heavy atom. The summed E-state index contributed by atoms with van der Waals surface area (Å²) in [6.45, 7) is 0. The van der Waals surface area contributed by atoms with Crippen LogP contribution in [0.4, 0.5) is 13.2 Å². The maximum Gasteiger partial charge on any atom is 0.416 e. The number of rotatable bonds is 7. The number of methoxy groups -OCH3 is 2. The van der Waals surface area contributed by atoms with E-state index in [-0.39, 0.29) is 12.0 Å². The zero-order valence-electron chi connectivity index (χ0n) is 17.2. The van der Waals surface area contributed by atoms with E-state index in [1.54, 1.807) is 42.2 Å². The van der Waals surface area contributed by atoms with Gasteiger partial charge in [0.1, 0.15) is 23.4 Å². The van der Waals surface area contributed by atoms with Gasteiger partial charge in [-0.1, -0.05) is 18.2 Å².